The zero-order valence-corrected chi connectivity index (χ0v) is 18.6. The first-order valence-electron chi connectivity index (χ1n) is 11.1. The van der Waals surface area contributed by atoms with Crippen LogP contribution in [0.4, 0.5) is 5.69 Å². The lowest BCUT2D eigenvalue weighted by atomic mass is 9.58. The molecule has 0 saturated heterocycles. The van der Waals surface area contributed by atoms with Gasteiger partial charge in [-0.05, 0) is 46.5 Å². The minimum absolute atomic E-state index is 0.0376. The van der Waals surface area contributed by atoms with Crippen LogP contribution in [-0.2, 0) is 24.4 Å². The molecule has 5 heteroatoms. The van der Waals surface area contributed by atoms with Crippen LogP contribution < -0.4 is 0 Å². The molecule has 1 aromatic carbocycles. The summed E-state index contributed by atoms with van der Waals surface area (Å²) in [5, 5.41) is 0. The maximum atomic E-state index is 12.1. The van der Waals surface area contributed by atoms with E-state index in [1.807, 2.05) is 20.8 Å². The molecule has 1 aromatic rings. The standard InChI is InChI=1S/C24H36NO4/c1-6-27-22(28-7-2)13-14-25-17(4)24(5,20-11-9-10-12-21(20)25)19-15-18(16-19)23(26)29-8-3/h9-12,18-19,22H,6-8,13-16H2,1-5H3/q+1. The van der Waals surface area contributed by atoms with E-state index in [0.29, 0.717) is 25.7 Å². The summed E-state index contributed by atoms with van der Waals surface area (Å²) in [7, 11) is 0. The zero-order chi connectivity index (χ0) is 21.0. The number of esters is 1. The van der Waals surface area contributed by atoms with Gasteiger partial charge in [-0.2, -0.15) is 4.58 Å². The van der Waals surface area contributed by atoms with E-state index in [1.54, 1.807) is 0 Å². The number of ether oxygens (including phenoxy) is 3. The summed E-state index contributed by atoms with van der Waals surface area (Å²) in [5.41, 5.74) is 3.96. The van der Waals surface area contributed by atoms with Crippen LogP contribution in [0.15, 0.2) is 24.3 Å². The second kappa shape index (κ2) is 9.40. The molecule has 0 N–H and O–H groups in total. The molecular formula is C24H36NO4+. The van der Waals surface area contributed by atoms with Gasteiger partial charge in [-0.1, -0.05) is 18.2 Å². The SMILES string of the molecule is CCOC(=O)C1CC(C2(C)C(C)=[N+](CCC(OCC)OCC)c3ccccc32)C1. The number of carbonyl (C=O) groups excluding carboxylic acids is 1. The van der Waals surface area contributed by atoms with Crippen LogP contribution in [0, 0.1) is 11.8 Å². The van der Waals surface area contributed by atoms with Crippen molar-refractivity contribution in [1.82, 2.24) is 0 Å². The molecule has 3 rings (SSSR count). The van der Waals surface area contributed by atoms with E-state index in [-0.39, 0.29) is 23.6 Å². The third-order valence-electron chi connectivity index (χ3n) is 6.78. The third kappa shape index (κ3) is 4.13. The average molecular weight is 403 g/mol. The Bertz CT molecular complexity index is 747. The van der Waals surface area contributed by atoms with E-state index in [0.717, 1.165) is 25.8 Å². The summed E-state index contributed by atoms with van der Waals surface area (Å²) >= 11 is 0. The summed E-state index contributed by atoms with van der Waals surface area (Å²) in [6.07, 6.45) is 2.44. The van der Waals surface area contributed by atoms with Crippen LogP contribution in [0.3, 0.4) is 0 Å². The average Bonchev–Trinajstić information content (AvgIpc) is 2.87. The molecule has 1 aliphatic heterocycles. The number of fused-ring (bicyclic) bond motifs is 1. The lowest BCUT2D eigenvalue weighted by Crippen LogP contribution is -2.47. The van der Waals surface area contributed by atoms with Crippen molar-refractivity contribution in [2.45, 2.75) is 65.6 Å². The van der Waals surface area contributed by atoms with Gasteiger partial charge >= 0.3 is 5.97 Å². The third-order valence-corrected chi connectivity index (χ3v) is 6.78. The molecule has 0 spiro atoms. The van der Waals surface area contributed by atoms with Crippen LogP contribution in [0.2, 0.25) is 0 Å². The van der Waals surface area contributed by atoms with Crippen molar-refractivity contribution >= 4 is 17.4 Å². The molecule has 1 atom stereocenters. The van der Waals surface area contributed by atoms with E-state index in [1.165, 1.54) is 17.0 Å². The maximum Gasteiger partial charge on any atom is 0.308 e. The number of rotatable bonds is 10. The molecule has 160 valence electrons. The highest BCUT2D eigenvalue weighted by molar-refractivity contribution is 5.94. The summed E-state index contributed by atoms with van der Waals surface area (Å²) in [4.78, 5) is 12.1. The lowest BCUT2D eigenvalue weighted by molar-refractivity contribution is -0.445. The van der Waals surface area contributed by atoms with Crippen LogP contribution in [-0.4, -0.2) is 48.9 Å². The van der Waals surface area contributed by atoms with Crippen molar-refractivity contribution in [2.24, 2.45) is 11.8 Å². The monoisotopic (exact) mass is 402 g/mol. The van der Waals surface area contributed by atoms with Crippen molar-refractivity contribution in [1.29, 1.82) is 0 Å². The Hall–Kier alpha value is -1.72. The van der Waals surface area contributed by atoms with E-state index >= 15 is 0 Å². The van der Waals surface area contributed by atoms with Crippen molar-refractivity contribution < 1.29 is 23.6 Å². The minimum atomic E-state index is -0.172. The lowest BCUT2D eigenvalue weighted by Gasteiger charge is -2.42. The highest BCUT2D eigenvalue weighted by Gasteiger charge is 2.56. The molecule has 29 heavy (non-hydrogen) atoms. The fourth-order valence-corrected chi connectivity index (χ4v) is 4.97. The molecule has 0 bridgehead atoms. The van der Waals surface area contributed by atoms with E-state index in [9.17, 15) is 4.79 Å². The molecular weight excluding hydrogens is 366 g/mol. The number of hydrogen-bond donors (Lipinski definition) is 0. The smallest absolute Gasteiger partial charge is 0.308 e. The Balaban J connectivity index is 1.80. The van der Waals surface area contributed by atoms with E-state index in [4.69, 9.17) is 14.2 Å². The zero-order valence-electron chi connectivity index (χ0n) is 18.6. The van der Waals surface area contributed by atoms with Gasteiger partial charge < -0.3 is 14.2 Å². The molecule has 1 aliphatic carbocycles. The summed E-state index contributed by atoms with van der Waals surface area (Å²) < 4.78 is 19.2. The molecule has 0 amide bonds. The predicted molar refractivity (Wildman–Crippen MR) is 114 cm³/mol. The van der Waals surface area contributed by atoms with Crippen LogP contribution >= 0.6 is 0 Å². The molecule has 1 saturated carbocycles. The Kier molecular flexibility index (Phi) is 7.12. The fourth-order valence-electron chi connectivity index (χ4n) is 4.97. The number of nitrogens with zero attached hydrogens (tertiary/aromatic N) is 1. The highest BCUT2D eigenvalue weighted by atomic mass is 16.7. The van der Waals surface area contributed by atoms with Gasteiger partial charge in [0, 0.05) is 31.8 Å². The highest BCUT2D eigenvalue weighted by Crippen LogP contribution is 2.53. The second-order valence-electron chi connectivity index (χ2n) is 8.20. The first kappa shape index (κ1) is 22.0. The van der Waals surface area contributed by atoms with Crippen LogP contribution in [0.25, 0.3) is 0 Å². The van der Waals surface area contributed by atoms with Crippen molar-refractivity contribution in [3.8, 4) is 0 Å². The van der Waals surface area contributed by atoms with Gasteiger partial charge in [0.05, 0.1) is 24.4 Å². The second-order valence-corrected chi connectivity index (χ2v) is 8.20. The Labute approximate surface area is 175 Å². The van der Waals surface area contributed by atoms with Gasteiger partial charge in [0.1, 0.15) is 0 Å². The number of carbonyl (C=O) groups is 1. The van der Waals surface area contributed by atoms with Crippen molar-refractivity contribution in [3.63, 3.8) is 0 Å². The fraction of sp³-hybridized carbons (Fsp3) is 0.667. The van der Waals surface area contributed by atoms with E-state index in [2.05, 4.69) is 42.7 Å². The Morgan fingerprint density at radius 2 is 1.79 bits per heavy atom. The van der Waals surface area contributed by atoms with Gasteiger partial charge in [-0.15, -0.1) is 0 Å². The predicted octanol–water partition coefficient (Wildman–Crippen LogP) is 4.44. The topological polar surface area (TPSA) is 47.8 Å². The van der Waals surface area contributed by atoms with Gasteiger partial charge in [0.15, 0.2) is 18.5 Å². The van der Waals surface area contributed by atoms with Crippen LogP contribution in [0.1, 0.15) is 59.4 Å². The molecule has 2 aliphatic rings. The van der Waals surface area contributed by atoms with Crippen molar-refractivity contribution in [2.75, 3.05) is 26.4 Å². The van der Waals surface area contributed by atoms with Gasteiger partial charge in [0.25, 0.3) is 0 Å². The van der Waals surface area contributed by atoms with Gasteiger partial charge in [-0.25, -0.2) is 0 Å². The largest absolute Gasteiger partial charge is 0.466 e. The van der Waals surface area contributed by atoms with Gasteiger partial charge in [0.2, 0.25) is 5.69 Å². The first-order chi connectivity index (χ1) is 14.0. The summed E-state index contributed by atoms with van der Waals surface area (Å²) in [6.45, 7) is 13.1. The molecule has 1 heterocycles. The summed E-state index contributed by atoms with van der Waals surface area (Å²) in [5.74, 6) is 0.466. The Morgan fingerprint density at radius 3 is 2.41 bits per heavy atom. The molecule has 0 aromatic heterocycles. The normalized spacial score (nSPS) is 25.9. The maximum absolute atomic E-state index is 12.1. The number of para-hydroxylation sites is 1. The first-order valence-corrected chi connectivity index (χ1v) is 11.1. The molecule has 1 fully saturated rings. The Morgan fingerprint density at radius 1 is 1.14 bits per heavy atom. The van der Waals surface area contributed by atoms with Crippen molar-refractivity contribution in [3.05, 3.63) is 29.8 Å². The minimum Gasteiger partial charge on any atom is -0.466 e. The molecule has 0 radical (unpaired) electrons. The number of benzene rings is 1. The van der Waals surface area contributed by atoms with Gasteiger partial charge in [-0.3, -0.25) is 4.79 Å². The van der Waals surface area contributed by atoms with E-state index < -0.39 is 0 Å². The summed E-state index contributed by atoms with van der Waals surface area (Å²) in [6, 6.07) is 8.69. The van der Waals surface area contributed by atoms with Crippen LogP contribution in [0.5, 0.6) is 0 Å². The molecule has 5 nitrogen and oxygen atoms in total. The quantitative estimate of drug-likeness (QED) is 0.330. The number of hydrogen-bond acceptors (Lipinski definition) is 4. The molecule has 1 unspecified atom stereocenters.